The maximum absolute atomic E-state index is 5.67. The van der Waals surface area contributed by atoms with Gasteiger partial charge in [0.2, 0.25) is 0 Å². The Bertz CT molecular complexity index is 1380. The van der Waals surface area contributed by atoms with E-state index in [4.69, 9.17) is 23.2 Å². The van der Waals surface area contributed by atoms with Crippen molar-refractivity contribution in [3.8, 4) is 0 Å². The smallest absolute Gasteiger partial charge is 0.0943 e. The zero-order valence-corrected chi connectivity index (χ0v) is 28.2. The molecule has 240 valence electrons. The predicted molar refractivity (Wildman–Crippen MR) is 189 cm³/mol. The maximum Gasteiger partial charge on any atom is 0.0943 e. The van der Waals surface area contributed by atoms with Crippen LogP contribution in [0.15, 0.2) is 105 Å². The molecular weight excluding hydrogens is 603 g/mol. The fourth-order valence-electron chi connectivity index (χ4n) is 2.77. The van der Waals surface area contributed by atoms with Gasteiger partial charge in [-0.2, -0.15) is 0 Å². The van der Waals surface area contributed by atoms with Gasteiger partial charge < -0.3 is 9.55 Å². The minimum Gasteiger partial charge on any atom is -0.349 e. The molecule has 10 heteroatoms. The molecule has 6 rings (SSSR count). The SMILES string of the molecule is C.Cc1c(Cl)cncc1Cl.Cc1cccnc1.Cc1ccncc1.Cc1cnc[nH]1.Cc1cncc(C)c1C.Cn1ccnc1. The molecule has 6 aromatic heterocycles. The largest absolute Gasteiger partial charge is 0.349 e. The van der Waals surface area contributed by atoms with Crippen molar-refractivity contribution in [2.75, 3.05) is 0 Å². The Morgan fingerprint density at radius 3 is 1.44 bits per heavy atom. The molecule has 0 saturated carbocycles. The van der Waals surface area contributed by atoms with E-state index in [9.17, 15) is 0 Å². The van der Waals surface area contributed by atoms with Crippen LogP contribution in [-0.4, -0.2) is 39.5 Å². The first-order chi connectivity index (χ1) is 21.0. The van der Waals surface area contributed by atoms with Crippen molar-refractivity contribution in [3.05, 3.63) is 154 Å². The van der Waals surface area contributed by atoms with Crippen molar-refractivity contribution in [2.24, 2.45) is 7.05 Å². The monoisotopic (exact) mass is 648 g/mol. The third kappa shape index (κ3) is 19.5. The number of hydrogen-bond donors (Lipinski definition) is 1. The number of aromatic amines is 1. The van der Waals surface area contributed by atoms with E-state index in [-0.39, 0.29) is 7.43 Å². The van der Waals surface area contributed by atoms with Gasteiger partial charge in [-0.25, -0.2) is 9.97 Å². The van der Waals surface area contributed by atoms with Crippen LogP contribution in [0.1, 0.15) is 46.5 Å². The molecule has 0 radical (unpaired) electrons. The molecule has 0 atom stereocenters. The summed E-state index contributed by atoms with van der Waals surface area (Å²) >= 11 is 11.3. The molecule has 6 aromatic rings. The van der Waals surface area contributed by atoms with E-state index < -0.39 is 0 Å². The summed E-state index contributed by atoms with van der Waals surface area (Å²) in [6, 6.07) is 7.89. The van der Waals surface area contributed by atoms with Crippen molar-refractivity contribution in [1.29, 1.82) is 0 Å². The van der Waals surface area contributed by atoms with E-state index in [1.54, 1.807) is 56.0 Å². The van der Waals surface area contributed by atoms with Gasteiger partial charge in [0.15, 0.2) is 0 Å². The van der Waals surface area contributed by atoms with E-state index in [1.807, 2.05) is 88.4 Å². The molecule has 0 bridgehead atoms. The van der Waals surface area contributed by atoms with Crippen LogP contribution in [-0.2, 0) is 7.05 Å². The lowest BCUT2D eigenvalue weighted by atomic mass is 10.1. The summed E-state index contributed by atoms with van der Waals surface area (Å²) in [6.07, 6.45) is 22.9. The van der Waals surface area contributed by atoms with Crippen LogP contribution in [0.3, 0.4) is 0 Å². The lowest BCUT2D eigenvalue weighted by molar-refractivity contribution is 0.913. The van der Waals surface area contributed by atoms with Gasteiger partial charge in [-0.05, 0) is 100 Å². The Balaban J connectivity index is 0.000000517. The fraction of sp³-hybridized carbons (Fsp3) is 0.257. The van der Waals surface area contributed by atoms with E-state index in [0.29, 0.717) is 10.0 Å². The van der Waals surface area contributed by atoms with Crippen molar-refractivity contribution < 1.29 is 0 Å². The number of rotatable bonds is 0. The molecule has 0 saturated heterocycles. The highest BCUT2D eigenvalue weighted by molar-refractivity contribution is 6.35. The third-order valence-corrected chi connectivity index (χ3v) is 6.50. The van der Waals surface area contributed by atoms with Crippen molar-refractivity contribution in [1.82, 2.24) is 39.5 Å². The van der Waals surface area contributed by atoms with E-state index in [0.717, 1.165) is 11.3 Å². The number of aryl methyl sites for hydroxylation is 6. The summed E-state index contributed by atoms with van der Waals surface area (Å²) in [5.74, 6) is 0. The minimum absolute atomic E-state index is 0. The predicted octanol–water partition coefficient (Wildman–Crippen LogP) is 9.26. The Labute approximate surface area is 279 Å². The summed E-state index contributed by atoms with van der Waals surface area (Å²) in [7, 11) is 1.94. The van der Waals surface area contributed by atoms with Crippen LogP contribution in [0.2, 0.25) is 10.0 Å². The first-order valence-corrected chi connectivity index (χ1v) is 14.5. The number of aromatic nitrogens is 8. The van der Waals surface area contributed by atoms with Gasteiger partial charge in [0.05, 0.1) is 22.7 Å². The zero-order chi connectivity index (χ0) is 32.7. The highest BCUT2D eigenvalue weighted by Crippen LogP contribution is 2.20. The normalized spacial score (nSPS) is 8.93. The second kappa shape index (κ2) is 24.0. The topological polar surface area (TPSA) is 98.1 Å². The molecule has 0 amide bonds. The molecular formula is C35H46Cl2N8. The summed E-state index contributed by atoms with van der Waals surface area (Å²) in [6.45, 7) is 14.2. The maximum atomic E-state index is 5.67. The van der Waals surface area contributed by atoms with Crippen LogP contribution < -0.4 is 0 Å². The van der Waals surface area contributed by atoms with E-state index >= 15 is 0 Å². The number of halogens is 2. The first-order valence-electron chi connectivity index (χ1n) is 13.7. The molecule has 0 spiro atoms. The lowest BCUT2D eigenvalue weighted by Gasteiger charge is -1.99. The van der Waals surface area contributed by atoms with Crippen LogP contribution >= 0.6 is 23.2 Å². The molecule has 0 fully saturated rings. The van der Waals surface area contributed by atoms with Gasteiger partial charge >= 0.3 is 0 Å². The molecule has 0 aliphatic heterocycles. The Morgan fingerprint density at radius 1 is 0.578 bits per heavy atom. The molecule has 8 nitrogen and oxygen atoms in total. The number of nitrogens with one attached hydrogen (secondary N) is 1. The van der Waals surface area contributed by atoms with Gasteiger partial charge in [0, 0.05) is 80.9 Å². The summed E-state index contributed by atoms with van der Waals surface area (Å²) in [4.78, 5) is 26.0. The van der Waals surface area contributed by atoms with Crippen LogP contribution in [0, 0.1) is 48.5 Å². The second-order valence-corrected chi connectivity index (χ2v) is 10.5. The van der Waals surface area contributed by atoms with Crippen LogP contribution in [0.5, 0.6) is 0 Å². The zero-order valence-electron chi connectivity index (χ0n) is 26.7. The number of nitrogens with zero attached hydrogens (tertiary/aromatic N) is 7. The van der Waals surface area contributed by atoms with Crippen molar-refractivity contribution in [2.45, 2.75) is 55.9 Å². The average molecular weight is 650 g/mol. The Morgan fingerprint density at radius 2 is 1.18 bits per heavy atom. The highest BCUT2D eigenvalue weighted by atomic mass is 35.5. The quantitative estimate of drug-likeness (QED) is 0.176. The molecule has 0 aromatic carbocycles. The highest BCUT2D eigenvalue weighted by Gasteiger charge is 1.97. The van der Waals surface area contributed by atoms with Gasteiger partial charge in [-0.3, -0.25) is 19.9 Å². The average Bonchev–Trinajstić information content (AvgIpc) is 3.70. The molecule has 1 N–H and O–H groups in total. The standard InChI is InChI=1S/C8H11N.C6H5Cl2N.2C6H7N.2C4H6N2.CH4/c1-6-4-9-5-7(2)8(6)3;1-4-5(7)2-9-3-6(4)8;1-6-2-4-7-5-3-6;1-6-3-2-4-7-5-6;1-4-2-5-3-6-4;1-6-3-2-5-4-6;/h4-5H,1-3H3;2-3H,1H3;2*2-5H,1H3;2-3H,1H3,(H,5,6);2-4H,1H3;1H4. The molecule has 45 heavy (non-hydrogen) atoms. The van der Waals surface area contributed by atoms with Gasteiger partial charge in [-0.15, -0.1) is 0 Å². The number of imidazole rings is 2. The first kappa shape index (κ1) is 40.6. The third-order valence-electron chi connectivity index (χ3n) is 5.74. The second-order valence-electron chi connectivity index (χ2n) is 9.64. The lowest BCUT2D eigenvalue weighted by Crippen LogP contribution is -1.86. The minimum atomic E-state index is 0. The van der Waals surface area contributed by atoms with Gasteiger partial charge in [0.25, 0.3) is 0 Å². The van der Waals surface area contributed by atoms with Crippen molar-refractivity contribution >= 4 is 23.2 Å². The molecule has 6 heterocycles. The van der Waals surface area contributed by atoms with Crippen molar-refractivity contribution in [3.63, 3.8) is 0 Å². The Hall–Kier alpha value is -4.40. The number of pyridine rings is 4. The van der Waals surface area contributed by atoms with Crippen LogP contribution in [0.25, 0.3) is 0 Å². The summed E-state index contributed by atoms with van der Waals surface area (Å²) < 4.78 is 1.89. The molecule has 0 unspecified atom stereocenters. The fourth-order valence-corrected chi connectivity index (χ4v) is 3.13. The van der Waals surface area contributed by atoms with E-state index in [2.05, 4.69) is 55.7 Å². The van der Waals surface area contributed by atoms with Gasteiger partial charge in [0.1, 0.15) is 0 Å². The number of H-pyrrole nitrogens is 1. The molecule has 0 aliphatic carbocycles. The summed E-state index contributed by atoms with van der Waals surface area (Å²) in [5, 5.41) is 1.23. The number of hydrogen-bond acceptors (Lipinski definition) is 6. The summed E-state index contributed by atoms with van der Waals surface area (Å²) in [5.41, 5.74) is 8.36. The van der Waals surface area contributed by atoms with E-state index in [1.165, 1.54) is 27.8 Å². The Kier molecular flexibility index (Phi) is 21.6. The molecule has 0 aliphatic rings. The van der Waals surface area contributed by atoms with Crippen LogP contribution in [0.4, 0.5) is 0 Å². The van der Waals surface area contributed by atoms with Gasteiger partial charge in [-0.1, -0.05) is 36.7 Å².